The molecule has 102 valence electrons. The minimum absolute atomic E-state index is 0.0884. The van der Waals surface area contributed by atoms with Crippen LogP contribution in [0.25, 0.3) is 0 Å². The van der Waals surface area contributed by atoms with Crippen LogP contribution < -0.4 is 10.1 Å². The molecule has 5 nitrogen and oxygen atoms in total. The van der Waals surface area contributed by atoms with E-state index in [9.17, 15) is 9.59 Å². The number of carbonyl (C=O) groups is 2. The van der Waals surface area contributed by atoms with Gasteiger partial charge in [0, 0.05) is 18.0 Å². The van der Waals surface area contributed by atoms with Crippen molar-refractivity contribution in [2.24, 2.45) is 5.92 Å². The summed E-state index contributed by atoms with van der Waals surface area (Å²) in [5.74, 6) is -1.22. The van der Waals surface area contributed by atoms with Gasteiger partial charge in [-0.3, -0.25) is 9.59 Å². The van der Waals surface area contributed by atoms with Crippen molar-refractivity contribution in [1.29, 1.82) is 0 Å². The van der Waals surface area contributed by atoms with Gasteiger partial charge in [0.15, 0.2) is 6.10 Å². The van der Waals surface area contributed by atoms with Crippen LogP contribution in [-0.2, 0) is 16.0 Å². The number of nitrogens with one attached hydrogen (secondary N) is 1. The molecule has 2 rings (SSSR count). The van der Waals surface area contributed by atoms with Gasteiger partial charge in [-0.15, -0.1) is 0 Å². The standard InChI is InChI=1S/C13H14ClNO4/c1-7(13(17)18)6-15-12(16)11-5-8-4-9(14)2-3-10(8)19-11/h2-4,7,11H,5-6H2,1H3,(H,15,16)(H,17,18)/t7-,11-/m0/s1. The number of rotatable bonds is 4. The monoisotopic (exact) mass is 283 g/mol. The smallest absolute Gasteiger partial charge is 0.308 e. The van der Waals surface area contributed by atoms with E-state index in [0.29, 0.717) is 17.2 Å². The van der Waals surface area contributed by atoms with Crippen molar-refractivity contribution >= 4 is 23.5 Å². The molecule has 0 aliphatic carbocycles. The van der Waals surface area contributed by atoms with Gasteiger partial charge in [-0.05, 0) is 23.8 Å². The molecule has 0 aromatic heterocycles. The van der Waals surface area contributed by atoms with E-state index in [1.807, 2.05) is 0 Å². The van der Waals surface area contributed by atoms with Crippen molar-refractivity contribution in [2.75, 3.05) is 6.54 Å². The van der Waals surface area contributed by atoms with Gasteiger partial charge in [-0.25, -0.2) is 0 Å². The number of hydrogen-bond acceptors (Lipinski definition) is 3. The molecule has 6 heteroatoms. The topological polar surface area (TPSA) is 75.6 Å². The first-order chi connectivity index (χ1) is 8.97. The normalized spacial score (nSPS) is 18.3. The van der Waals surface area contributed by atoms with Crippen molar-refractivity contribution in [2.45, 2.75) is 19.4 Å². The summed E-state index contributed by atoms with van der Waals surface area (Å²) < 4.78 is 5.50. The molecule has 0 radical (unpaired) electrons. The Balaban J connectivity index is 1.92. The lowest BCUT2D eigenvalue weighted by Gasteiger charge is -2.12. The lowest BCUT2D eigenvalue weighted by atomic mass is 10.1. The summed E-state index contributed by atoms with van der Waals surface area (Å²) in [5.41, 5.74) is 0.888. The SMILES string of the molecule is C[C@@H](CNC(=O)[C@@H]1Cc2cc(Cl)ccc2O1)C(=O)O. The van der Waals surface area contributed by atoms with Crippen molar-refractivity contribution in [3.05, 3.63) is 28.8 Å². The van der Waals surface area contributed by atoms with E-state index in [0.717, 1.165) is 5.56 Å². The van der Waals surface area contributed by atoms with Gasteiger partial charge in [0.25, 0.3) is 5.91 Å². The van der Waals surface area contributed by atoms with E-state index >= 15 is 0 Å². The minimum atomic E-state index is -0.942. The highest BCUT2D eigenvalue weighted by molar-refractivity contribution is 6.30. The Hall–Kier alpha value is -1.75. The lowest BCUT2D eigenvalue weighted by Crippen LogP contribution is -2.40. The molecule has 0 fully saturated rings. The first kappa shape index (κ1) is 13.7. The summed E-state index contributed by atoms with van der Waals surface area (Å²) in [6.07, 6.45) is -0.169. The Kier molecular flexibility index (Phi) is 3.95. The van der Waals surface area contributed by atoms with Gasteiger partial charge < -0.3 is 15.2 Å². The molecule has 1 aliphatic heterocycles. The van der Waals surface area contributed by atoms with Crippen molar-refractivity contribution < 1.29 is 19.4 Å². The van der Waals surface area contributed by atoms with Crippen LogP contribution in [0.1, 0.15) is 12.5 Å². The van der Waals surface area contributed by atoms with E-state index < -0.39 is 18.0 Å². The highest BCUT2D eigenvalue weighted by Gasteiger charge is 2.29. The number of hydrogen-bond donors (Lipinski definition) is 2. The third-order valence-electron chi connectivity index (χ3n) is 2.99. The van der Waals surface area contributed by atoms with Crippen LogP contribution in [0.5, 0.6) is 5.75 Å². The van der Waals surface area contributed by atoms with Gasteiger partial charge in [-0.1, -0.05) is 18.5 Å². The molecule has 0 spiro atoms. The summed E-state index contributed by atoms with van der Waals surface area (Å²) >= 11 is 5.87. The van der Waals surface area contributed by atoms with Gasteiger partial charge in [-0.2, -0.15) is 0 Å². The molecule has 1 heterocycles. The average molecular weight is 284 g/mol. The van der Waals surface area contributed by atoms with Crippen molar-refractivity contribution in [1.82, 2.24) is 5.32 Å². The third-order valence-corrected chi connectivity index (χ3v) is 3.23. The first-order valence-corrected chi connectivity index (χ1v) is 6.30. The number of ether oxygens (including phenoxy) is 1. The zero-order chi connectivity index (χ0) is 14.0. The van der Waals surface area contributed by atoms with E-state index in [2.05, 4.69) is 5.32 Å². The van der Waals surface area contributed by atoms with Crippen LogP contribution >= 0.6 is 11.6 Å². The quantitative estimate of drug-likeness (QED) is 0.878. The van der Waals surface area contributed by atoms with E-state index in [-0.39, 0.29) is 12.5 Å². The van der Waals surface area contributed by atoms with Crippen LogP contribution in [0.3, 0.4) is 0 Å². The number of amides is 1. The van der Waals surface area contributed by atoms with Gasteiger partial charge in [0.1, 0.15) is 5.75 Å². The lowest BCUT2D eigenvalue weighted by molar-refractivity contribution is -0.141. The molecule has 19 heavy (non-hydrogen) atoms. The summed E-state index contributed by atoms with van der Waals surface area (Å²) in [6, 6.07) is 5.20. The van der Waals surface area contributed by atoms with Gasteiger partial charge in [0.2, 0.25) is 0 Å². The van der Waals surface area contributed by atoms with Gasteiger partial charge in [0.05, 0.1) is 5.92 Å². The first-order valence-electron chi connectivity index (χ1n) is 5.93. The second kappa shape index (κ2) is 5.48. The van der Waals surface area contributed by atoms with Crippen LogP contribution in [-0.4, -0.2) is 29.6 Å². The maximum absolute atomic E-state index is 11.9. The minimum Gasteiger partial charge on any atom is -0.481 e. The van der Waals surface area contributed by atoms with Crippen molar-refractivity contribution in [3.8, 4) is 5.75 Å². The summed E-state index contributed by atoms with van der Waals surface area (Å²) in [4.78, 5) is 22.5. The number of fused-ring (bicyclic) bond motifs is 1. The molecule has 1 amide bonds. The number of benzene rings is 1. The fraction of sp³-hybridized carbons (Fsp3) is 0.385. The molecule has 1 aromatic rings. The van der Waals surface area contributed by atoms with Crippen molar-refractivity contribution in [3.63, 3.8) is 0 Å². The Morgan fingerprint density at radius 1 is 1.58 bits per heavy atom. The molecule has 1 aromatic carbocycles. The number of halogens is 1. The Morgan fingerprint density at radius 3 is 3.00 bits per heavy atom. The number of carboxylic acids is 1. The number of carboxylic acid groups (broad SMARTS) is 1. The fourth-order valence-electron chi connectivity index (χ4n) is 1.82. The Labute approximate surface area is 115 Å². The summed E-state index contributed by atoms with van der Waals surface area (Å²) in [7, 11) is 0. The predicted molar refractivity (Wildman–Crippen MR) is 69.4 cm³/mol. The maximum Gasteiger partial charge on any atom is 0.308 e. The highest BCUT2D eigenvalue weighted by atomic mass is 35.5. The molecule has 2 atom stereocenters. The fourth-order valence-corrected chi connectivity index (χ4v) is 2.01. The molecular weight excluding hydrogens is 270 g/mol. The van der Waals surface area contributed by atoms with E-state index in [1.54, 1.807) is 18.2 Å². The zero-order valence-electron chi connectivity index (χ0n) is 10.4. The molecule has 1 aliphatic rings. The van der Waals surface area contributed by atoms with E-state index in [1.165, 1.54) is 6.92 Å². The average Bonchev–Trinajstić information content (AvgIpc) is 2.78. The number of carbonyl (C=O) groups excluding carboxylic acids is 1. The molecule has 0 unspecified atom stereocenters. The molecule has 2 N–H and O–H groups in total. The second-order valence-electron chi connectivity index (χ2n) is 4.55. The highest BCUT2D eigenvalue weighted by Crippen LogP contribution is 2.31. The van der Waals surface area contributed by atoms with Gasteiger partial charge >= 0.3 is 5.97 Å². The largest absolute Gasteiger partial charge is 0.481 e. The summed E-state index contributed by atoms with van der Waals surface area (Å²) in [5, 5.41) is 11.9. The zero-order valence-corrected chi connectivity index (χ0v) is 11.1. The van der Waals surface area contributed by atoms with Crippen LogP contribution in [0.15, 0.2) is 18.2 Å². The van der Waals surface area contributed by atoms with Crippen LogP contribution in [0.4, 0.5) is 0 Å². The Morgan fingerprint density at radius 2 is 2.32 bits per heavy atom. The molecular formula is C13H14ClNO4. The molecule has 0 saturated heterocycles. The number of aliphatic carboxylic acids is 1. The van der Waals surface area contributed by atoms with Crippen LogP contribution in [0, 0.1) is 5.92 Å². The van der Waals surface area contributed by atoms with E-state index in [4.69, 9.17) is 21.4 Å². The third kappa shape index (κ3) is 3.17. The second-order valence-corrected chi connectivity index (χ2v) is 4.98. The molecule has 0 bridgehead atoms. The predicted octanol–water partition coefficient (Wildman–Crippen LogP) is 1.48. The summed E-state index contributed by atoms with van der Waals surface area (Å²) in [6.45, 7) is 1.62. The maximum atomic E-state index is 11.9. The molecule has 0 saturated carbocycles. The Bertz CT molecular complexity index is 517. The van der Waals surface area contributed by atoms with Crippen LogP contribution in [0.2, 0.25) is 5.02 Å².